The van der Waals surface area contributed by atoms with Crippen molar-refractivity contribution < 1.29 is 17.8 Å². The molecule has 1 aliphatic rings. The highest BCUT2D eigenvalue weighted by Crippen LogP contribution is 2.30. The highest BCUT2D eigenvalue weighted by Gasteiger charge is 2.27. The maximum absolute atomic E-state index is 13.6. The number of rotatable bonds is 5. The van der Waals surface area contributed by atoms with Gasteiger partial charge < -0.3 is 9.80 Å². The van der Waals surface area contributed by atoms with Gasteiger partial charge in [-0.3, -0.25) is 14.0 Å². The molecule has 1 fully saturated rings. The first-order chi connectivity index (χ1) is 16.0. The smallest absolute Gasteiger partial charge is 0.270 e. The third kappa shape index (κ3) is 5.12. The van der Waals surface area contributed by atoms with Gasteiger partial charge in [0.15, 0.2) is 0 Å². The number of hydrogen-bond donors (Lipinski definition) is 0. The lowest BCUT2D eigenvalue weighted by Crippen LogP contribution is -2.49. The van der Waals surface area contributed by atoms with Crippen molar-refractivity contribution in [3.8, 4) is 11.3 Å². The van der Waals surface area contributed by atoms with E-state index in [1.54, 1.807) is 47.7 Å². The molecule has 1 aliphatic heterocycles. The molecule has 0 bridgehead atoms. The van der Waals surface area contributed by atoms with E-state index < -0.39 is 15.4 Å². The molecule has 5 nitrogen and oxygen atoms in total. The number of piperazine rings is 1. The molecule has 0 radical (unpaired) electrons. The van der Waals surface area contributed by atoms with Crippen LogP contribution < -0.4 is 4.90 Å². The van der Waals surface area contributed by atoms with Crippen molar-refractivity contribution in [2.24, 2.45) is 0 Å². The van der Waals surface area contributed by atoms with Gasteiger partial charge in [-0.25, -0.2) is 8.78 Å². The van der Waals surface area contributed by atoms with Gasteiger partial charge in [0.2, 0.25) is 0 Å². The molecule has 8 heteroatoms. The second-order valence-corrected chi connectivity index (χ2v) is 11.1. The Balaban J connectivity index is 1.56. The Kier molecular flexibility index (Phi) is 6.45. The van der Waals surface area contributed by atoms with E-state index in [9.17, 15) is 17.8 Å². The molecule has 3 aromatic rings. The predicted molar refractivity (Wildman–Crippen MR) is 133 cm³/mol. The molecule has 0 aliphatic carbocycles. The zero-order valence-electron chi connectivity index (χ0n) is 19.2. The van der Waals surface area contributed by atoms with Gasteiger partial charge in [-0.15, -0.1) is 0 Å². The first-order valence-electron chi connectivity index (χ1n) is 10.9. The first kappa shape index (κ1) is 23.9. The van der Waals surface area contributed by atoms with E-state index in [-0.39, 0.29) is 11.5 Å². The summed E-state index contributed by atoms with van der Waals surface area (Å²) >= 11 is 0. The van der Waals surface area contributed by atoms with Gasteiger partial charge in [0.1, 0.15) is 0 Å². The van der Waals surface area contributed by atoms with Crippen molar-refractivity contribution in [2.45, 2.75) is 17.7 Å². The molecule has 178 valence electrons. The minimum absolute atomic E-state index is 0.0232. The van der Waals surface area contributed by atoms with Gasteiger partial charge in [-0.05, 0) is 51.8 Å². The van der Waals surface area contributed by atoms with Crippen LogP contribution in [-0.4, -0.2) is 58.3 Å². The van der Waals surface area contributed by atoms with Gasteiger partial charge in [0.25, 0.3) is 11.8 Å². The van der Waals surface area contributed by atoms with Gasteiger partial charge in [0.05, 0.1) is 11.3 Å². The molecular weight excluding hydrogens is 456 g/mol. The van der Waals surface area contributed by atoms with Gasteiger partial charge in [-0.2, -0.15) is 0 Å². The fourth-order valence-corrected chi connectivity index (χ4v) is 4.74. The molecule has 1 unspecified atom stereocenters. The number of anilines is 1. The monoisotopic (exact) mass is 483 g/mol. The largest absolute Gasteiger partial charge is 0.368 e. The van der Waals surface area contributed by atoms with E-state index in [0.29, 0.717) is 47.9 Å². The Bertz CT molecular complexity index is 1280. The second-order valence-electron chi connectivity index (χ2n) is 8.64. The lowest BCUT2D eigenvalue weighted by molar-refractivity contribution is 0.0175. The van der Waals surface area contributed by atoms with Crippen LogP contribution in [0.25, 0.3) is 11.3 Å². The van der Waals surface area contributed by atoms with Crippen molar-refractivity contribution in [2.75, 3.05) is 37.3 Å². The van der Waals surface area contributed by atoms with Crippen LogP contribution in [0.1, 0.15) is 22.8 Å². The predicted octanol–water partition coefficient (Wildman–Crippen LogP) is 4.53. The van der Waals surface area contributed by atoms with Crippen LogP contribution in [0.15, 0.2) is 71.8 Å². The Morgan fingerprint density at radius 3 is 2.26 bits per heavy atom. The third-order valence-corrected chi connectivity index (χ3v) is 7.22. The van der Waals surface area contributed by atoms with Gasteiger partial charge >= 0.3 is 0 Å². The zero-order valence-corrected chi connectivity index (χ0v) is 20.0. The lowest BCUT2D eigenvalue weighted by Gasteiger charge is -2.36. The van der Waals surface area contributed by atoms with Crippen molar-refractivity contribution in [1.82, 2.24) is 9.88 Å². The van der Waals surface area contributed by atoms with E-state index in [1.807, 2.05) is 18.2 Å². The Morgan fingerprint density at radius 2 is 1.71 bits per heavy atom. The van der Waals surface area contributed by atoms with E-state index in [0.717, 1.165) is 12.6 Å². The molecule has 2 aromatic carbocycles. The van der Waals surface area contributed by atoms with E-state index in [4.69, 9.17) is 0 Å². The average Bonchev–Trinajstić information content (AvgIpc) is 2.83. The summed E-state index contributed by atoms with van der Waals surface area (Å²) in [6.45, 7) is 2.98. The van der Waals surface area contributed by atoms with E-state index >= 15 is 0 Å². The number of pyridine rings is 1. The summed E-state index contributed by atoms with van der Waals surface area (Å²) in [5, 5.41) is 0. The maximum atomic E-state index is 13.6. The SMILES string of the molecule is C=S(C)(=O)c1ccc(-c2ccccn2)c(C(=O)N2CCN(c3ccc(C(C)(F)F)cc3)CC2)c1. The zero-order chi connectivity index (χ0) is 24.5. The summed E-state index contributed by atoms with van der Waals surface area (Å²) < 4.78 is 39.6. The molecule has 1 aromatic heterocycles. The Labute approximate surface area is 199 Å². The Morgan fingerprint density at radius 1 is 1.03 bits per heavy atom. The minimum atomic E-state index is -2.88. The topological polar surface area (TPSA) is 53.5 Å². The molecule has 0 spiro atoms. The number of carbonyl (C=O) groups is 1. The van der Waals surface area contributed by atoms with Crippen LogP contribution in [0.3, 0.4) is 0 Å². The highest BCUT2D eigenvalue weighted by molar-refractivity contribution is 7.99. The summed E-state index contributed by atoms with van der Waals surface area (Å²) in [7, 11) is -2.50. The lowest BCUT2D eigenvalue weighted by atomic mass is 10.0. The molecule has 1 amide bonds. The number of aromatic nitrogens is 1. The number of halogens is 2. The molecule has 2 heterocycles. The fourth-order valence-electron chi connectivity index (χ4n) is 4.02. The maximum Gasteiger partial charge on any atom is 0.270 e. The minimum Gasteiger partial charge on any atom is -0.368 e. The molecule has 1 atom stereocenters. The van der Waals surface area contributed by atoms with Gasteiger partial charge in [-0.1, -0.05) is 24.3 Å². The normalized spacial score (nSPS) is 16.2. The summed E-state index contributed by atoms with van der Waals surface area (Å²) in [6, 6.07) is 16.9. The summed E-state index contributed by atoms with van der Waals surface area (Å²) in [4.78, 5) is 22.3. The molecule has 1 saturated heterocycles. The number of alkyl halides is 2. The molecule has 34 heavy (non-hydrogen) atoms. The number of benzene rings is 2. The van der Waals surface area contributed by atoms with Crippen LogP contribution in [0, 0.1) is 0 Å². The summed E-state index contributed by atoms with van der Waals surface area (Å²) in [5.41, 5.74) is 2.60. The summed E-state index contributed by atoms with van der Waals surface area (Å²) in [6.07, 6.45) is 3.22. The number of amides is 1. The molecule has 0 N–H and O–H groups in total. The van der Waals surface area contributed by atoms with Gasteiger partial charge in [0, 0.05) is 67.3 Å². The van der Waals surface area contributed by atoms with E-state index in [1.165, 1.54) is 12.1 Å². The van der Waals surface area contributed by atoms with Crippen molar-refractivity contribution in [1.29, 1.82) is 0 Å². The molecule has 0 saturated carbocycles. The summed E-state index contributed by atoms with van der Waals surface area (Å²) in [5.74, 6) is 0.718. The van der Waals surface area contributed by atoms with Crippen LogP contribution in [0.5, 0.6) is 0 Å². The molecular formula is C26H27F2N3O2S. The number of nitrogens with zero attached hydrogens (tertiary/aromatic N) is 3. The van der Waals surface area contributed by atoms with Crippen molar-refractivity contribution >= 4 is 27.0 Å². The Hall–Kier alpha value is -3.26. The molecule has 4 rings (SSSR count). The quantitative estimate of drug-likeness (QED) is 0.501. The van der Waals surface area contributed by atoms with Crippen LogP contribution in [-0.2, 0) is 15.4 Å². The number of hydrogen-bond acceptors (Lipinski definition) is 4. The second kappa shape index (κ2) is 9.18. The van der Waals surface area contributed by atoms with Crippen LogP contribution in [0.4, 0.5) is 14.5 Å². The van der Waals surface area contributed by atoms with E-state index in [2.05, 4.69) is 15.8 Å². The number of carbonyl (C=O) groups excluding carboxylic acids is 1. The fraction of sp³-hybridized carbons (Fsp3) is 0.269. The standard InChI is InChI=1S/C26H27F2N3O2S/c1-26(27,28)19-7-9-20(10-8-19)30-14-16-31(17-15-30)25(32)23-18-21(34(2,3)33)11-12-22(23)24-6-4-5-13-29-24/h4-13,18H,2,14-17H2,1,3H3. The van der Waals surface area contributed by atoms with Crippen LogP contribution >= 0.6 is 0 Å². The van der Waals surface area contributed by atoms with Crippen molar-refractivity contribution in [3.63, 3.8) is 0 Å². The third-order valence-electron chi connectivity index (χ3n) is 5.97. The van der Waals surface area contributed by atoms with Crippen LogP contribution in [0.2, 0.25) is 0 Å². The highest BCUT2D eigenvalue weighted by atomic mass is 32.2. The first-order valence-corrected chi connectivity index (χ1v) is 13.1. The average molecular weight is 484 g/mol. The van der Waals surface area contributed by atoms with Crippen molar-refractivity contribution in [3.05, 3.63) is 78.0 Å².